The van der Waals surface area contributed by atoms with E-state index in [4.69, 9.17) is 9.47 Å². The monoisotopic (exact) mass is 204 g/mol. The fourth-order valence-corrected chi connectivity index (χ4v) is 2.11. The van der Waals surface area contributed by atoms with Gasteiger partial charge < -0.3 is 14.6 Å². The Kier molecular flexibility index (Phi) is 2.14. The number of Topliss-reactive ketones (excluding diaryl/α,β-unsaturated/α-hetero) is 1. The fourth-order valence-electron chi connectivity index (χ4n) is 1.81. The first-order valence-corrected chi connectivity index (χ1v) is 4.65. The summed E-state index contributed by atoms with van der Waals surface area (Å²) >= 11 is 4.28. The summed E-state index contributed by atoms with van der Waals surface area (Å²) in [5.41, 5.74) is 0. The first-order chi connectivity index (χ1) is 6.05. The highest BCUT2D eigenvalue weighted by atomic mass is 32.1. The lowest BCUT2D eigenvalue weighted by atomic mass is 9.96. The van der Waals surface area contributed by atoms with Gasteiger partial charge in [-0.1, -0.05) is 0 Å². The molecule has 0 aromatic carbocycles. The first-order valence-electron chi connectivity index (χ1n) is 4.20. The van der Waals surface area contributed by atoms with Crippen LogP contribution in [-0.2, 0) is 14.3 Å². The van der Waals surface area contributed by atoms with Gasteiger partial charge in [-0.05, 0) is 6.92 Å². The van der Waals surface area contributed by atoms with Crippen molar-refractivity contribution < 1.29 is 19.4 Å². The Hall–Kier alpha value is -0.100. The highest BCUT2D eigenvalue weighted by Crippen LogP contribution is 2.38. The number of ketones is 1. The summed E-state index contributed by atoms with van der Waals surface area (Å²) in [6.45, 7) is 1.91. The van der Waals surface area contributed by atoms with Gasteiger partial charge in [0.25, 0.3) is 0 Å². The van der Waals surface area contributed by atoms with Crippen LogP contribution in [0.1, 0.15) is 6.92 Å². The predicted molar refractivity (Wildman–Crippen MR) is 47.9 cm³/mol. The highest BCUT2D eigenvalue weighted by Gasteiger charge is 2.57. The molecule has 4 nitrogen and oxygen atoms in total. The molecule has 4 atom stereocenters. The van der Waals surface area contributed by atoms with E-state index in [9.17, 15) is 9.90 Å². The normalized spacial score (nSPS) is 49.3. The van der Waals surface area contributed by atoms with E-state index in [1.165, 1.54) is 6.92 Å². The average molecular weight is 204 g/mol. The maximum absolute atomic E-state index is 11.3. The van der Waals surface area contributed by atoms with Gasteiger partial charge in [0.15, 0.2) is 5.78 Å². The van der Waals surface area contributed by atoms with Crippen LogP contribution in [0.3, 0.4) is 0 Å². The van der Waals surface area contributed by atoms with Crippen LogP contribution in [0, 0.1) is 0 Å². The van der Waals surface area contributed by atoms with Crippen molar-refractivity contribution >= 4 is 18.4 Å². The molecule has 1 N–H and O–H groups in total. The van der Waals surface area contributed by atoms with E-state index in [2.05, 4.69) is 12.6 Å². The highest BCUT2D eigenvalue weighted by molar-refractivity contribution is 7.82. The van der Waals surface area contributed by atoms with Gasteiger partial charge in [-0.25, -0.2) is 0 Å². The van der Waals surface area contributed by atoms with E-state index in [1.54, 1.807) is 0 Å². The molecule has 0 radical (unpaired) electrons. The zero-order valence-electron chi connectivity index (χ0n) is 7.27. The smallest absolute Gasteiger partial charge is 0.150 e. The molecule has 2 saturated heterocycles. The van der Waals surface area contributed by atoms with Crippen LogP contribution >= 0.6 is 12.6 Å². The van der Waals surface area contributed by atoms with Crippen molar-refractivity contribution in [3.63, 3.8) is 0 Å². The van der Waals surface area contributed by atoms with Crippen LogP contribution < -0.4 is 0 Å². The van der Waals surface area contributed by atoms with Crippen molar-refractivity contribution in [2.75, 3.05) is 13.2 Å². The van der Waals surface area contributed by atoms with E-state index in [0.717, 1.165) is 0 Å². The van der Waals surface area contributed by atoms with Crippen LogP contribution in [0.2, 0.25) is 0 Å². The molecule has 0 unspecified atom stereocenters. The van der Waals surface area contributed by atoms with Crippen LogP contribution in [0.5, 0.6) is 0 Å². The Balaban J connectivity index is 2.23. The maximum atomic E-state index is 11.3. The minimum Gasteiger partial charge on any atom is -0.388 e. The van der Waals surface area contributed by atoms with E-state index in [-0.39, 0.29) is 25.1 Å². The Labute approximate surface area is 81.6 Å². The third kappa shape index (κ3) is 1.22. The number of rotatable bonds is 1. The zero-order valence-corrected chi connectivity index (χ0v) is 8.16. The third-order valence-electron chi connectivity index (χ3n) is 2.70. The molecule has 0 aromatic heterocycles. The zero-order chi connectivity index (χ0) is 9.64. The summed E-state index contributed by atoms with van der Waals surface area (Å²) < 4.78 is 9.71. The number of carbonyl (C=O) groups excluding carboxylic acids is 1. The van der Waals surface area contributed by atoms with Gasteiger partial charge in [-0.15, -0.1) is 0 Å². The summed E-state index contributed by atoms with van der Waals surface area (Å²) in [5, 5.41) is 9.42. The Morgan fingerprint density at radius 2 is 2.31 bits per heavy atom. The van der Waals surface area contributed by atoms with Gasteiger partial charge in [0.1, 0.15) is 23.1 Å². The molecule has 5 heteroatoms. The van der Waals surface area contributed by atoms with E-state index < -0.39 is 17.0 Å². The number of ether oxygens (including phenoxy) is 2. The SMILES string of the molecule is CC(=O)[C@]1(S)CO[C@@H]2[C@H](O)CO[C@@H]21. The average Bonchev–Trinajstić information content (AvgIpc) is 2.57. The first kappa shape index (κ1) is 9.45. The second-order valence-corrected chi connectivity index (χ2v) is 4.38. The molecule has 0 saturated carbocycles. The van der Waals surface area contributed by atoms with Crippen molar-refractivity contribution in [2.24, 2.45) is 0 Å². The summed E-state index contributed by atoms with van der Waals surface area (Å²) in [6.07, 6.45) is -1.41. The van der Waals surface area contributed by atoms with Gasteiger partial charge in [-0.2, -0.15) is 12.6 Å². The fraction of sp³-hybridized carbons (Fsp3) is 0.875. The molecule has 0 amide bonds. The molecule has 13 heavy (non-hydrogen) atoms. The number of fused-ring (bicyclic) bond motifs is 1. The molecule has 0 aromatic rings. The van der Waals surface area contributed by atoms with Gasteiger partial charge in [0.05, 0.1) is 13.2 Å². The van der Waals surface area contributed by atoms with Crippen molar-refractivity contribution in [3.8, 4) is 0 Å². The standard InChI is InChI=1S/C8H12O4S/c1-4(9)8(13)3-12-6-5(10)2-11-7(6)8/h5-7,10,13H,2-3H2,1H3/t5-,6-,7+,8-/m1/s1. The molecule has 2 rings (SSSR count). The molecule has 0 aliphatic carbocycles. The molecular formula is C8H12O4S. The molecule has 2 heterocycles. The number of aliphatic hydroxyl groups excluding tert-OH is 1. The largest absolute Gasteiger partial charge is 0.388 e. The number of hydrogen-bond donors (Lipinski definition) is 2. The van der Waals surface area contributed by atoms with E-state index in [1.807, 2.05) is 0 Å². The molecule has 74 valence electrons. The van der Waals surface area contributed by atoms with Crippen LogP contribution in [-0.4, -0.2) is 47.2 Å². The van der Waals surface area contributed by atoms with Gasteiger partial charge >= 0.3 is 0 Å². The molecule has 0 bridgehead atoms. The summed E-state index contributed by atoms with van der Waals surface area (Å²) in [7, 11) is 0. The maximum Gasteiger partial charge on any atom is 0.150 e. The Morgan fingerprint density at radius 1 is 1.62 bits per heavy atom. The third-order valence-corrected chi connectivity index (χ3v) is 3.40. The topological polar surface area (TPSA) is 55.8 Å². The van der Waals surface area contributed by atoms with Gasteiger partial charge in [0, 0.05) is 0 Å². The Bertz CT molecular complexity index is 244. The van der Waals surface area contributed by atoms with Crippen LogP contribution in [0.25, 0.3) is 0 Å². The summed E-state index contributed by atoms with van der Waals surface area (Å²) in [4.78, 5) is 11.3. The van der Waals surface area contributed by atoms with Gasteiger partial charge in [-0.3, -0.25) is 4.79 Å². The summed E-state index contributed by atoms with van der Waals surface area (Å²) in [5.74, 6) is -0.0718. The quantitative estimate of drug-likeness (QED) is 0.560. The van der Waals surface area contributed by atoms with Crippen molar-refractivity contribution in [2.45, 2.75) is 30.0 Å². The van der Waals surface area contributed by atoms with E-state index >= 15 is 0 Å². The minimum absolute atomic E-state index is 0.0718. The lowest BCUT2D eigenvalue weighted by Crippen LogP contribution is -2.44. The van der Waals surface area contributed by atoms with Crippen molar-refractivity contribution in [1.82, 2.24) is 0 Å². The predicted octanol–water partition coefficient (Wildman–Crippen LogP) is -0.598. The molecule has 2 aliphatic heterocycles. The molecule has 2 aliphatic rings. The molecule has 2 fully saturated rings. The van der Waals surface area contributed by atoms with Crippen LogP contribution in [0.15, 0.2) is 0 Å². The lowest BCUT2D eigenvalue weighted by molar-refractivity contribution is -0.121. The number of hydrogen-bond acceptors (Lipinski definition) is 5. The van der Waals surface area contributed by atoms with E-state index in [0.29, 0.717) is 0 Å². The van der Waals surface area contributed by atoms with Crippen LogP contribution in [0.4, 0.5) is 0 Å². The number of carbonyl (C=O) groups is 1. The van der Waals surface area contributed by atoms with Gasteiger partial charge in [0.2, 0.25) is 0 Å². The summed E-state index contributed by atoms with van der Waals surface area (Å²) in [6, 6.07) is 0. The second kappa shape index (κ2) is 2.95. The minimum atomic E-state index is -0.873. The van der Waals surface area contributed by atoms with Crippen molar-refractivity contribution in [3.05, 3.63) is 0 Å². The Morgan fingerprint density at radius 3 is 2.92 bits per heavy atom. The second-order valence-electron chi connectivity index (χ2n) is 3.58. The van der Waals surface area contributed by atoms with Crippen molar-refractivity contribution in [1.29, 1.82) is 0 Å². The molecule has 0 spiro atoms. The lowest BCUT2D eigenvalue weighted by Gasteiger charge is -2.23. The number of thiol groups is 1. The molecular weight excluding hydrogens is 192 g/mol. The number of aliphatic hydroxyl groups is 1.